The predicted molar refractivity (Wildman–Crippen MR) is 97.3 cm³/mol. The first-order valence-corrected chi connectivity index (χ1v) is 8.70. The molecule has 1 aliphatic rings. The van der Waals surface area contributed by atoms with Crippen molar-refractivity contribution in [3.05, 3.63) is 27.9 Å². The fraction of sp³-hybridized carbons (Fsp3) is 0.400. The first-order chi connectivity index (χ1) is 11.0. The van der Waals surface area contributed by atoms with E-state index in [1.54, 1.807) is 16.0 Å². The average Bonchev–Trinajstić information content (AvgIpc) is 2.98. The van der Waals surface area contributed by atoms with E-state index in [-0.39, 0.29) is 0 Å². The SMILES string of the molecule is Cc1nn(C)cc1NC(=S)Nc1sc2c(c1C(N)=O)CCCC2. The number of thiocarbonyl (C=S) groups is 1. The van der Waals surface area contributed by atoms with Gasteiger partial charge >= 0.3 is 0 Å². The van der Waals surface area contributed by atoms with Gasteiger partial charge in [-0.25, -0.2) is 0 Å². The number of anilines is 2. The monoisotopic (exact) mass is 349 g/mol. The number of hydrogen-bond acceptors (Lipinski definition) is 4. The van der Waals surface area contributed by atoms with Crippen LogP contribution in [0, 0.1) is 6.92 Å². The van der Waals surface area contributed by atoms with E-state index in [4.69, 9.17) is 18.0 Å². The third-order valence-electron chi connectivity index (χ3n) is 3.91. The van der Waals surface area contributed by atoms with Crippen molar-refractivity contribution in [3.63, 3.8) is 0 Å². The maximum atomic E-state index is 11.9. The molecular weight excluding hydrogens is 330 g/mol. The summed E-state index contributed by atoms with van der Waals surface area (Å²) in [5.74, 6) is -0.396. The zero-order valence-corrected chi connectivity index (χ0v) is 14.7. The standard InChI is InChI=1S/C15H19N5OS2/c1-8-10(7-20(2)19-8)17-15(22)18-14-12(13(16)21)9-5-3-4-6-11(9)23-14/h7H,3-6H2,1-2H3,(H2,16,21)(H2,17,18,22). The minimum Gasteiger partial charge on any atom is -0.365 e. The maximum Gasteiger partial charge on any atom is 0.251 e. The minimum absolute atomic E-state index is 0.396. The first kappa shape index (κ1) is 15.9. The van der Waals surface area contributed by atoms with E-state index in [9.17, 15) is 4.79 Å². The lowest BCUT2D eigenvalue weighted by molar-refractivity contribution is 0.100. The molecule has 0 fully saturated rings. The van der Waals surface area contributed by atoms with Gasteiger partial charge in [-0.2, -0.15) is 5.10 Å². The van der Waals surface area contributed by atoms with Crippen LogP contribution < -0.4 is 16.4 Å². The van der Waals surface area contributed by atoms with Crippen molar-refractivity contribution in [2.45, 2.75) is 32.6 Å². The molecule has 23 heavy (non-hydrogen) atoms. The van der Waals surface area contributed by atoms with Crippen LogP contribution in [0.5, 0.6) is 0 Å². The van der Waals surface area contributed by atoms with Gasteiger partial charge in [-0.1, -0.05) is 0 Å². The normalized spacial score (nSPS) is 13.5. The van der Waals surface area contributed by atoms with Crippen LogP contribution in [0.25, 0.3) is 0 Å². The number of amides is 1. The van der Waals surface area contributed by atoms with Gasteiger partial charge in [-0.15, -0.1) is 11.3 Å². The Hall–Kier alpha value is -1.93. The lowest BCUT2D eigenvalue weighted by Crippen LogP contribution is -2.22. The highest BCUT2D eigenvalue weighted by molar-refractivity contribution is 7.80. The van der Waals surface area contributed by atoms with Crippen molar-refractivity contribution >= 4 is 45.3 Å². The molecule has 0 saturated carbocycles. The van der Waals surface area contributed by atoms with Gasteiger partial charge < -0.3 is 16.4 Å². The second-order valence-corrected chi connectivity index (χ2v) is 7.17. The summed E-state index contributed by atoms with van der Waals surface area (Å²) in [6.07, 6.45) is 6.03. The van der Waals surface area contributed by atoms with Gasteiger partial charge in [0.05, 0.1) is 16.9 Å². The van der Waals surface area contributed by atoms with Crippen LogP contribution in [0.4, 0.5) is 10.7 Å². The molecule has 0 bridgehead atoms. The Bertz CT molecular complexity index is 777. The molecule has 4 N–H and O–H groups in total. The fourth-order valence-electron chi connectivity index (χ4n) is 2.89. The number of rotatable bonds is 3. The van der Waals surface area contributed by atoms with Crippen LogP contribution in [0.3, 0.4) is 0 Å². The zero-order valence-electron chi connectivity index (χ0n) is 13.1. The van der Waals surface area contributed by atoms with Gasteiger partial charge in [0.15, 0.2) is 5.11 Å². The highest BCUT2D eigenvalue weighted by atomic mass is 32.1. The molecule has 2 heterocycles. The van der Waals surface area contributed by atoms with Crippen molar-refractivity contribution in [2.24, 2.45) is 12.8 Å². The Morgan fingerprint density at radius 1 is 1.39 bits per heavy atom. The number of aryl methyl sites for hydroxylation is 3. The van der Waals surface area contributed by atoms with Crippen molar-refractivity contribution in [1.82, 2.24) is 9.78 Å². The van der Waals surface area contributed by atoms with Gasteiger partial charge in [0.2, 0.25) is 0 Å². The van der Waals surface area contributed by atoms with Crippen molar-refractivity contribution in [3.8, 4) is 0 Å². The van der Waals surface area contributed by atoms with Crippen molar-refractivity contribution in [2.75, 3.05) is 10.6 Å². The number of primary amides is 1. The Morgan fingerprint density at radius 2 is 2.13 bits per heavy atom. The van der Waals surface area contributed by atoms with Crippen LogP contribution in [0.15, 0.2) is 6.20 Å². The quantitative estimate of drug-likeness (QED) is 0.742. The van der Waals surface area contributed by atoms with Crippen LogP contribution in [-0.4, -0.2) is 20.8 Å². The number of nitrogens with two attached hydrogens (primary N) is 1. The summed E-state index contributed by atoms with van der Waals surface area (Å²) in [4.78, 5) is 13.1. The van der Waals surface area contributed by atoms with Gasteiger partial charge in [0.25, 0.3) is 5.91 Å². The molecule has 2 aromatic heterocycles. The molecule has 3 rings (SSSR count). The predicted octanol–water partition coefficient (Wildman–Crippen LogP) is 2.58. The molecule has 0 atom stereocenters. The van der Waals surface area contributed by atoms with Crippen molar-refractivity contribution in [1.29, 1.82) is 0 Å². The second kappa shape index (κ2) is 6.29. The number of carbonyl (C=O) groups excluding carboxylic acids is 1. The Balaban J connectivity index is 1.82. The zero-order chi connectivity index (χ0) is 16.6. The summed E-state index contributed by atoms with van der Waals surface area (Å²) in [5, 5.41) is 11.7. The van der Waals surface area contributed by atoms with E-state index in [0.717, 1.165) is 47.6 Å². The molecule has 0 spiro atoms. The first-order valence-electron chi connectivity index (χ1n) is 7.48. The van der Waals surface area contributed by atoms with E-state index in [2.05, 4.69) is 15.7 Å². The van der Waals surface area contributed by atoms with Gasteiger partial charge in [0, 0.05) is 18.1 Å². The topological polar surface area (TPSA) is 85.0 Å². The second-order valence-electron chi connectivity index (χ2n) is 5.66. The summed E-state index contributed by atoms with van der Waals surface area (Å²) >= 11 is 6.95. The molecule has 0 aliphatic heterocycles. The molecule has 8 heteroatoms. The number of aromatic nitrogens is 2. The highest BCUT2D eigenvalue weighted by Gasteiger charge is 2.24. The van der Waals surface area contributed by atoms with E-state index < -0.39 is 5.91 Å². The maximum absolute atomic E-state index is 11.9. The molecule has 1 aliphatic carbocycles. The molecule has 0 aromatic carbocycles. The van der Waals surface area contributed by atoms with E-state index in [0.29, 0.717) is 10.7 Å². The number of carbonyl (C=O) groups is 1. The number of thiophene rings is 1. The van der Waals surface area contributed by atoms with Gasteiger partial charge in [-0.05, 0) is 50.4 Å². The van der Waals surface area contributed by atoms with Crippen molar-refractivity contribution < 1.29 is 4.79 Å². The number of hydrogen-bond donors (Lipinski definition) is 3. The third-order valence-corrected chi connectivity index (χ3v) is 5.32. The molecule has 0 radical (unpaired) electrons. The number of fused-ring (bicyclic) bond motifs is 1. The molecule has 6 nitrogen and oxygen atoms in total. The molecule has 0 saturated heterocycles. The molecule has 2 aromatic rings. The largest absolute Gasteiger partial charge is 0.365 e. The summed E-state index contributed by atoms with van der Waals surface area (Å²) < 4.78 is 1.72. The van der Waals surface area contributed by atoms with E-state index in [1.165, 1.54) is 4.88 Å². The fourth-order valence-corrected chi connectivity index (χ4v) is 4.47. The van der Waals surface area contributed by atoms with Gasteiger partial charge in [-0.3, -0.25) is 9.48 Å². The Morgan fingerprint density at radius 3 is 2.78 bits per heavy atom. The van der Waals surface area contributed by atoms with Gasteiger partial charge in [0.1, 0.15) is 5.00 Å². The number of nitrogens with one attached hydrogen (secondary N) is 2. The highest BCUT2D eigenvalue weighted by Crippen LogP contribution is 2.37. The molecule has 122 valence electrons. The van der Waals surface area contributed by atoms with Crippen LogP contribution in [0.2, 0.25) is 0 Å². The molecule has 0 unspecified atom stereocenters. The smallest absolute Gasteiger partial charge is 0.251 e. The lowest BCUT2D eigenvalue weighted by Gasteiger charge is -2.11. The molecule has 1 amide bonds. The third kappa shape index (κ3) is 3.23. The summed E-state index contributed by atoms with van der Waals surface area (Å²) in [5.41, 5.74) is 8.98. The average molecular weight is 349 g/mol. The summed E-state index contributed by atoms with van der Waals surface area (Å²) in [6.45, 7) is 1.91. The summed E-state index contributed by atoms with van der Waals surface area (Å²) in [7, 11) is 1.85. The molecular formula is C15H19N5OS2. The van der Waals surface area contributed by atoms with Crippen LogP contribution >= 0.6 is 23.6 Å². The number of nitrogens with zero attached hydrogens (tertiary/aromatic N) is 2. The van der Waals surface area contributed by atoms with E-state index in [1.807, 2.05) is 20.2 Å². The van der Waals surface area contributed by atoms with Crippen LogP contribution in [-0.2, 0) is 19.9 Å². The Labute approximate surface area is 144 Å². The van der Waals surface area contributed by atoms with Crippen LogP contribution in [0.1, 0.15) is 39.3 Å². The summed E-state index contributed by atoms with van der Waals surface area (Å²) in [6, 6.07) is 0. The van der Waals surface area contributed by atoms with E-state index >= 15 is 0 Å². The Kier molecular flexibility index (Phi) is 4.36. The minimum atomic E-state index is -0.396. The lowest BCUT2D eigenvalue weighted by atomic mass is 9.95.